The van der Waals surface area contributed by atoms with Gasteiger partial charge in [0, 0.05) is 5.56 Å². The molecule has 0 N–H and O–H groups in total. The number of rotatable bonds is 2. The molecule has 0 radical (unpaired) electrons. The molecule has 0 bridgehead atoms. The van der Waals surface area contributed by atoms with Crippen LogP contribution in [0.1, 0.15) is 10.4 Å². The maximum absolute atomic E-state index is 13.3. The summed E-state index contributed by atoms with van der Waals surface area (Å²) in [6, 6.07) is 4.05. The number of aromatic nitrogens is 2. The van der Waals surface area contributed by atoms with Crippen molar-refractivity contribution < 1.29 is 13.7 Å². The van der Waals surface area contributed by atoms with Crippen molar-refractivity contribution in [3.63, 3.8) is 0 Å². The molecule has 0 unspecified atom stereocenters. The fourth-order valence-corrected chi connectivity index (χ4v) is 1.08. The number of halogens is 1. The average molecular weight is 192 g/mol. The normalized spacial score (nSPS) is 10.1. The highest BCUT2D eigenvalue weighted by Gasteiger charge is 2.09. The SMILES string of the molecule is O=Cc1ccc(-c2ncon2)c(F)c1. The Balaban J connectivity index is 2.51. The van der Waals surface area contributed by atoms with Crippen molar-refractivity contribution in [1.82, 2.24) is 10.1 Å². The average Bonchev–Trinajstić information content (AvgIpc) is 2.70. The summed E-state index contributed by atoms with van der Waals surface area (Å²) >= 11 is 0. The van der Waals surface area contributed by atoms with Crippen LogP contribution in [-0.4, -0.2) is 16.4 Å². The van der Waals surface area contributed by atoms with Crippen LogP contribution in [0.3, 0.4) is 0 Å². The maximum atomic E-state index is 13.3. The van der Waals surface area contributed by atoms with Gasteiger partial charge in [0.2, 0.25) is 12.2 Å². The van der Waals surface area contributed by atoms with Gasteiger partial charge in [0.05, 0.1) is 5.56 Å². The molecule has 5 heteroatoms. The van der Waals surface area contributed by atoms with Gasteiger partial charge in [-0.2, -0.15) is 4.98 Å². The highest BCUT2D eigenvalue weighted by molar-refractivity contribution is 5.76. The number of carbonyl (C=O) groups is 1. The molecule has 1 aromatic heterocycles. The first kappa shape index (κ1) is 8.55. The summed E-state index contributed by atoms with van der Waals surface area (Å²) in [6.45, 7) is 0. The number of carbonyl (C=O) groups excluding carboxylic acids is 1. The van der Waals surface area contributed by atoms with E-state index in [1.54, 1.807) is 0 Å². The fraction of sp³-hybridized carbons (Fsp3) is 0. The summed E-state index contributed by atoms with van der Waals surface area (Å²) in [5, 5.41) is 3.49. The van der Waals surface area contributed by atoms with Crippen LogP contribution < -0.4 is 0 Å². The van der Waals surface area contributed by atoms with E-state index in [1.807, 2.05) is 0 Å². The summed E-state index contributed by atoms with van der Waals surface area (Å²) in [4.78, 5) is 14.0. The Morgan fingerprint density at radius 1 is 1.43 bits per heavy atom. The van der Waals surface area contributed by atoms with Gasteiger partial charge in [0.1, 0.15) is 12.1 Å². The second-order valence-electron chi connectivity index (χ2n) is 2.61. The summed E-state index contributed by atoms with van der Waals surface area (Å²) in [7, 11) is 0. The summed E-state index contributed by atoms with van der Waals surface area (Å²) in [5.74, 6) is -0.379. The molecule has 0 atom stereocenters. The molecule has 0 aliphatic rings. The zero-order valence-corrected chi connectivity index (χ0v) is 6.98. The van der Waals surface area contributed by atoms with Gasteiger partial charge in [-0.15, -0.1) is 0 Å². The standard InChI is InChI=1S/C9H5FN2O2/c10-8-3-6(4-13)1-2-7(8)9-11-5-14-12-9/h1-5H. The number of hydrogen-bond acceptors (Lipinski definition) is 4. The first-order valence-corrected chi connectivity index (χ1v) is 3.83. The first-order chi connectivity index (χ1) is 6.81. The molecular weight excluding hydrogens is 187 g/mol. The monoisotopic (exact) mass is 192 g/mol. The Labute approximate surface area is 78.4 Å². The van der Waals surface area contributed by atoms with Gasteiger partial charge in [-0.3, -0.25) is 4.79 Å². The van der Waals surface area contributed by atoms with Crippen molar-refractivity contribution in [1.29, 1.82) is 0 Å². The van der Waals surface area contributed by atoms with Crippen molar-refractivity contribution in [3.8, 4) is 11.4 Å². The topological polar surface area (TPSA) is 56.0 Å². The maximum Gasteiger partial charge on any atom is 0.214 e. The predicted octanol–water partition coefficient (Wildman–Crippen LogP) is 1.69. The van der Waals surface area contributed by atoms with Crippen LogP contribution in [0.4, 0.5) is 4.39 Å². The Bertz CT molecular complexity index is 454. The van der Waals surface area contributed by atoms with Crippen LogP contribution in [-0.2, 0) is 0 Å². The zero-order chi connectivity index (χ0) is 9.97. The zero-order valence-electron chi connectivity index (χ0n) is 6.98. The van der Waals surface area contributed by atoms with E-state index in [0.29, 0.717) is 6.29 Å². The third-order valence-electron chi connectivity index (χ3n) is 1.73. The van der Waals surface area contributed by atoms with Crippen LogP contribution >= 0.6 is 0 Å². The third-order valence-corrected chi connectivity index (χ3v) is 1.73. The molecule has 2 aromatic rings. The first-order valence-electron chi connectivity index (χ1n) is 3.83. The molecule has 0 fully saturated rings. The van der Waals surface area contributed by atoms with E-state index < -0.39 is 5.82 Å². The lowest BCUT2D eigenvalue weighted by atomic mass is 10.1. The van der Waals surface area contributed by atoms with Gasteiger partial charge in [-0.25, -0.2) is 4.39 Å². The van der Waals surface area contributed by atoms with Crippen molar-refractivity contribution in [2.75, 3.05) is 0 Å². The molecule has 0 aliphatic heterocycles. The van der Waals surface area contributed by atoms with E-state index in [-0.39, 0.29) is 17.0 Å². The van der Waals surface area contributed by atoms with Gasteiger partial charge >= 0.3 is 0 Å². The quantitative estimate of drug-likeness (QED) is 0.679. The number of aldehydes is 1. The molecular formula is C9H5FN2O2. The van der Waals surface area contributed by atoms with Crippen LogP contribution in [0.2, 0.25) is 0 Å². The number of nitrogens with zero attached hydrogens (tertiary/aromatic N) is 2. The van der Waals surface area contributed by atoms with Crippen molar-refractivity contribution in [2.24, 2.45) is 0 Å². The van der Waals surface area contributed by atoms with Crippen LogP contribution in [0.15, 0.2) is 29.1 Å². The summed E-state index contributed by atoms with van der Waals surface area (Å²) < 4.78 is 17.8. The Kier molecular flexibility index (Phi) is 2.06. The van der Waals surface area contributed by atoms with Gasteiger partial charge in [0.15, 0.2) is 0 Å². The molecule has 0 saturated carbocycles. The van der Waals surface area contributed by atoms with Crippen molar-refractivity contribution in [3.05, 3.63) is 36.0 Å². The van der Waals surface area contributed by atoms with E-state index in [2.05, 4.69) is 14.7 Å². The van der Waals surface area contributed by atoms with E-state index in [4.69, 9.17) is 0 Å². The second-order valence-corrected chi connectivity index (χ2v) is 2.61. The summed E-state index contributed by atoms with van der Waals surface area (Å²) in [6.07, 6.45) is 1.69. The lowest BCUT2D eigenvalue weighted by Gasteiger charge is -1.97. The van der Waals surface area contributed by atoms with Gasteiger partial charge in [0.25, 0.3) is 0 Å². The van der Waals surface area contributed by atoms with Crippen LogP contribution in [0.5, 0.6) is 0 Å². The molecule has 4 nitrogen and oxygen atoms in total. The number of benzene rings is 1. The van der Waals surface area contributed by atoms with E-state index in [0.717, 1.165) is 12.5 Å². The smallest absolute Gasteiger partial charge is 0.214 e. The van der Waals surface area contributed by atoms with E-state index in [1.165, 1.54) is 12.1 Å². The Morgan fingerprint density at radius 2 is 2.29 bits per heavy atom. The van der Waals surface area contributed by atoms with Gasteiger partial charge in [-0.1, -0.05) is 11.2 Å². The minimum absolute atomic E-state index is 0.167. The fourth-order valence-electron chi connectivity index (χ4n) is 1.08. The van der Waals surface area contributed by atoms with Crippen molar-refractivity contribution in [2.45, 2.75) is 0 Å². The lowest BCUT2D eigenvalue weighted by Crippen LogP contribution is -1.89. The molecule has 1 heterocycles. The largest absolute Gasteiger partial charge is 0.342 e. The van der Waals surface area contributed by atoms with Crippen LogP contribution in [0.25, 0.3) is 11.4 Å². The Hall–Kier alpha value is -2.04. The third kappa shape index (κ3) is 1.39. The molecule has 0 spiro atoms. The molecule has 0 saturated heterocycles. The predicted molar refractivity (Wildman–Crippen MR) is 45.1 cm³/mol. The molecule has 14 heavy (non-hydrogen) atoms. The molecule has 0 aliphatic carbocycles. The molecule has 2 rings (SSSR count). The van der Waals surface area contributed by atoms with E-state index in [9.17, 15) is 9.18 Å². The minimum atomic E-state index is -0.545. The molecule has 1 aromatic carbocycles. The highest BCUT2D eigenvalue weighted by atomic mass is 19.1. The molecule has 0 amide bonds. The van der Waals surface area contributed by atoms with Gasteiger partial charge in [-0.05, 0) is 12.1 Å². The lowest BCUT2D eigenvalue weighted by molar-refractivity contribution is 0.112. The molecule has 70 valence electrons. The second kappa shape index (κ2) is 3.37. The Morgan fingerprint density at radius 3 is 2.86 bits per heavy atom. The van der Waals surface area contributed by atoms with Gasteiger partial charge < -0.3 is 4.52 Å². The van der Waals surface area contributed by atoms with Crippen LogP contribution in [0, 0.1) is 5.82 Å². The number of hydrogen-bond donors (Lipinski definition) is 0. The van der Waals surface area contributed by atoms with Crippen molar-refractivity contribution >= 4 is 6.29 Å². The minimum Gasteiger partial charge on any atom is -0.342 e. The summed E-state index contributed by atoms with van der Waals surface area (Å²) in [5.41, 5.74) is 0.485. The van der Waals surface area contributed by atoms with E-state index >= 15 is 0 Å². The highest BCUT2D eigenvalue weighted by Crippen LogP contribution is 2.19.